The summed E-state index contributed by atoms with van der Waals surface area (Å²) in [4.78, 5) is 24.0. The van der Waals surface area contributed by atoms with Crippen LogP contribution in [0.15, 0.2) is 36.4 Å². The number of hydrogen-bond donors (Lipinski definition) is 2. The summed E-state index contributed by atoms with van der Waals surface area (Å²) in [5, 5.41) is 4.40. The molecule has 0 aromatic heterocycles. The summed E-state index contributed by atoms with van der Waals surface area (Å²) in [5.41, 5.74) is 5.04. The minimum absolute atomic E-state index is 0.0263. The second kappa shape index (κ2) is 7.97. The topological polar surface area (TPSA) is 70.7 Å². The molecule has 128 valence electrons. The molecule has 2 heterocycles. The maximum Gasteiger partial charge on any atom is 0.244 e. The van der Waals surface area contributed by atoms with E-state index >= 15 is 0 Å². The normalized spacial score (nSPS) is 20.5. The molecule has 6 nitrogen and oxygen atoms in total. The van der Waals surface area contributed by atoms with Crippen LogP contribution >= 0.6 is 0 Å². The van der Waals surface area contributed by atoms with Crippen molar-refractivity contribution in [2.24, 2.45) is 0 Å². The van der Waals surface area contributed by atoms with Gasteiger partial charge in [0.25, 0.3) is 0 Å². The van der Waals surface area contributed by atoms with Gasteiger partial charge in [0.1, 0.15) is 0 Å². The van der Waals surface area contributed by atoms with Gasteiger partial charge in [-0.25, -0.2) is 0 Å². The smallest absolute Gasteiger partial charge is 0.244 e. The van der Waals surface area contributed by atoms with Crippen LogP contribution in [-0.2, 0) is 14.3 Å². The average Bonchev–Trinajstić information content (AvgIpc) is 3.13. The van der Waals surface area contributed by atoms with Crippen molar-refractivity contribution in [1.82, 2.24) is 15.8 Å². The van der Waals surface area contributed by atoms with Crippen molar-refractivity contribution in [2.45, 2.75) is 31.8 Å². The highest BCUT2D eigenvalue weighted by atomic mass is 16.5. The molecule has 2 N–H and O–H groups in total. The van der Waals surface area contributed by atoms with Crippen molar-refractivity contribution in [3.63, 3.8) is 0 Å². The van der Waals surface area contributed by atoms with Crippen molar-refractivity contribution in [2.75, 3.05) is 19.7 Å². The molecule has 0 spiro atoms. The number of carbonyl (C=O) groups is 2. The molecule has 1 atom stereocenters. The fourth-order valence-corrected chi connectivity index (χ4v) is 2.87. The van der Waals surface area contributed by atoms with Crippen molar-refractivity contribution in [3.8, 4) is 0 Å². The number of ether oxygens (including phenoxy) is 1. The van der Waals surface area contributed by atoms with Crippen LogP contribution in [0.2, 0.25) is 0 Å². The molecule has 24 heavy (non-hydrogen) atoms. The second-order valence-corrected chi connectivity index (χ2v) is 6.03. The van der Waals surface area contributed by atoms with E-state index < -0.39 is 0 Å². The first-order valence-electron chi connectivity index (χ1n) is 8.43. The number of hydrazine groups is 1. The van der Waals surface area contributed by atoms with Crippen LogP contribution in [0.4, 0.5) is 0 Å². The zero-order valence-electron chi connectivity index (χ0n) is 13.7. The first-order chi connectivity index (χ1) is 11.7. The lowest BCUT2D eigenvalue weighted by molar-refractivity contribution is -0.133. The predicted octanol–water partition coefficient (Wildman–Crippen LogP) is 1.45. The molecule has 2 aliphatic rings. The number of nitrogens with one attached hydrogen (secondary N) is 2. The Hall–Kier alpha value is -2.34. The number of amides is 2. The Morgan fingerprint density at radius 3 is 2.92 bits per heavy atom. The van der Waals surface area contributed by atoms with Crippen molar-refractivity contribution >= 4 is 17.5 Å². The predicted molar refractivity (Wildman–Crippen MR) is 90.5 cm³/mol. The van der Waals surface area contributed by atoms with Gasteiger partial charge in [-0.2, -0.15) is 0 Å². The van der Waals surface area contributed by atoms with E-state index in [2.05, 4.69) is 10.7 Å². The van der Waals surface area contributed by atoms with Gasteiger partial charge in [0.2, 0.25) is 11.8 Å². The Balaban J connectivity index is 1.46. The molecule has 2 aliphatic heterocycles. The molecule has 0 bridgehead atoms. The van der Waals surface area contributed by atoms with Crippen LogP contribution in [0.1, 0.15) is 31.2 Å². The fraction of sp³-hybridized carbons (Fsp3) is 0.444. The van der Waals surface area contributed by atoms with Gasteiger partial charge in [-0.15, -0.1) is 0 Å². The largest absolute Gasteiger partial charge is 0.376 e. The SMILES string of the molecule is O=C(CCN1NC(c2ccccc2)=CCC1=O)NCC1CCCO1. The molecule has 0 aliphatic carbocycles. The quantitative estimate of drug-likeness (QED) is 0.829. The van der Waals surface area contributed by atoms with Gasteiger partial charge < -0.3 is 10.1 Å². The highest BCUT2D eigenvalue weighted by Gasteiger charge is 2.21. The number of carbonyl (C=O) groups excluding carboxylic acids is 2. The number of benzene rings is 1. The van der Waals surface area contributed by atoms with Crippen LogP contribution < -0.4 is 10.7 Å². The second-order valence-electron chi connectivity index (χ2n) is 6.03. The minimum atomic E-state index is -0.0593. The Bertz CT molecular complexity index is 609. The number of hydrogen-bond acceptors (Lipinski definition) is 4. The monoisotopic (exact) mass is 329 g/mol. The van der Waals surface area contributed by atoms with Crippen LogP contribution in [0.25, 0.3) is 5.70 Å². The third-order valence-corrected chi connectivity index (χ3v) is 4.24. The lowest BCUT2D eigenvalue weighted by Gasteiger charge is -2.29. The van der Waals surface area contributed by atoms with E-state index in [0.29, 0.717) is 19.5 Å². The summed E-state index contributed by atoms with van der Waals surface area (Å²) in [6.07, 6.45) is 4.68. The van der Waals surface area contributed by atoms with E-state index in [9.17, 15) is 9.59 Å². The number of nitrogens with zero attached hydrogens (tertiary/aromatic N) is 1. The maximum absolute atomic E-state index is 12.0. The molecule has 1 unspecified atom stereocenters. The lowest BCUT2D eigenvalue weighted by Crippen LogP contribution is -2.46. The summed E-state index contributed by atoms with van der Waals surface area (Å²) in [7, 11) is 0. The summed E-state index contributed by atoms with van der Waals surface area (Å²) < 4.78 is 5.48. The van der Waals surface area contributed by atoms with Crippen molar-refractivity contribution in [3.05, 3.63) is 42.0 Å². The molecule has 1 saturated heterocycles. The van der Waals surface area contributed by atoms with E-state index in [1.807, 2.05) is 36.4 Å². The maximum atomic E-state index is 12.0. The van der Waals surface area contributed by atoms with Crippen LogP contribution in [0.3, 0.4) is 0 Å². The Kier molecular flexibility index (Phi) is 5.48. The Morgan fingerprint density at radius 2 is 2.17 bits per heavy atom. The van der Waals surface area contributed by atoms with Crippen LogP contribution in [0, 0.1) is 0 Å². The third-order valence-electron chi connectivity index (χ3n) is 4.24. The molecular weight excluding hydrogens is 306 g/mol. The molecule has 1 fully saturated rings. The Morgan fingerprint density at radius 1 is 1.33 bits per heavy atom. The molecule has 1 aromatic rings. The average molecular weight is 329 g/mol. The van der Waals surface area contributed by atoms with Gasteiger partial charge in [0, 0.05) is 26.0 Å². The molecule has 6 heteroatoms. The molecule has 1 aromatic carbocycles. The van der Waals surface area contributed by atoms with E-state index in [-0.39, 0.29) is 24.3 Å². The number of rotatable bonds is 6. The first-order valence-corrected chi connectivity index (χ1v) is 8.43. The summed E-state index contributed by atoms with van der Waals surface area (Å²) in [6, 6.07) is 9.84. The third kappa shape index (κ3) is 4.35. The van der Waals surface area contributed by atoms with E-state index in [1.54, 1.807) is 0 Å². The van der Waals surface area contributed by atoms with Crippen LogP contribution in [-0.4, -0.2) is 42.6 Å². The van der Waals surface area contributed by atoms with Gasteiger partial charge in [-0.05, 0) is 24.5 Å². The highest BCUT2D eigenvalue weighted by Crippen LogP contribution is 2.17. The van der Waals surface area contributed by atoms with Gasteiger partial charge >= 0.3 is 0 Å². The molecular formula is C18H23N3O3. The zero-order chi connectivity index (χ0) is 16.8. The summed E-state index contributed by atoms with van der Waals surface area (Å²) in [5.74, 6) is -0.0856. The molecule has 2 amide bonds. The highest BCUT2D eigenvalue weighted by molar-refractivity contribution is 5.84. The standard InChI is InChI=1S/C18H23N3O3/c22-17(19-13-15-7-4-12-24-15)10-11-21-18(23)9-8-16(20-21)14-5-2-1-3-6-14/h1-3,5-6,8,15,20H,4,7,9-13H2,(H,19,22). The van der Waals surface area contributed by atoms with E-state index in [1.165, 1.54) is 5.01 Å². The van der Waals surface area contributed by atoms with Gasteiger partial charge in [-0.1, -0.05) is 30.3 Å². The Labute approximate surface area is 141 Å². The van der Waals surface area contributed by atoms with E-state index in [0.717, 1.165) is 30.7 Å². The van der Waals surface area contributed by atoms with E-state index in [4.69, 9.17) is 4.74 Å². The van der Waals surface area contributed by atoms with Gasteiger partial charge in [-0.3, -0.25) is 20.0 Å². The van der Waals surface area contributed by atoms with Gasteiger partial charge in [0.05, 0.1) is 18.3 Å². The summed E-state index contributed by atoms with van der Waals surface area (Å²) >= 11 is 0. The zero-order valence-corrected chi connectivity index (χ0v) is 13.7. The lowest BCUT2D eigenvalue weighted by atomic mass is 10.1. The van der Waals surface area contributed by atoms with Crippen molar-refractivity contribution < 1.29 is 14.3 Å². The van der Waals surface area contributed by atoms with Crippen LogP contribution in [0.5, 0.6) is 0 Å². The minimum Gasteiger partial charge on any atom is -0.376 e. The molecule has 0 saturated carbocycles. The van der Waals surface area contributed by atoms with Crippen molar-refractivity contribution in [1.29, 1.82) is 0 Å². The molecule has 3 rings (SSSR count). The fourth-order valence-electron chi connectivity index (χ4n) is 2.87. The first kappa shape index (κ1) is 16.5. The summed E-state index contributed by atoms with van der Waals surface area (Å²) in [6.45, 7) is 1.68. The molecule has 0 radical (unpaired) electrons. The van der Waals surface area contributed by atoms with Gasteiger partial charge in [0.15, 0.2) is 0 Å².